The van der Waals surface area contributed by atoms with E-state index >= 15 is 0 Å². The number of rotatable bonds is 6. The Morgan fingerprint density at radius 2 is 2.19 bits per heavy atom. The Hall–Kier alpha value is -1.89. The Morgan fingerprint density at radius 3 is 2.76 bits per heavy atom. The molecule has 2 heterocycles. The van der Waals surface area contributed by atoms with Crippen LogP contribution >= 0.6 is 0 Å². The third-order valence-electron chi connectivity index (χ3n) is 4.23. The van der Waals surface area contributed by atoms with E-state index in [2.05, 4.69) is 22.5 Å². The smallest absolute Gasteiger partial charge is 0.356 e. The number of imidazole rings is 1. The summed E-state index contributed by atoms with van der Waals surface area (Å²) in [6.07, 6.45) is 5.51. The van der Waals surface area contributed by atoms with Gasteiger partial charge >= 0.3 is 5.97 Å². The summed E-state index contributed by atoms with van der Waals surface area (Å²) < 4.78 is 1.67. The maximum absolute atomic E-state index is 12.4. The monoisotopic (exact) mass is 294 g/mol. The molecule has 0 bridgehead atoms. The van der Waals surface area contributed by atoms with Crippen molar-refractivity contribution in [3.8, 4) is 0 Å². The van der Waals surface area contributed by atoms with Crippen molar-refractivity contribution in [1.82, 2.24) is 20.2 Å². The number of hydrogen-bond acceptors (Lipinski definition) is 4. The SMILES string of the molecule is CCC1(C(=O)NCCn2cnc(C(=O)O)c2)CCNCC1. The highest BCUT2D eigenvalue weighted by atomic mass is 16.4. The van der Waals surface area contributed by atoms with Crippen LogP contribution in [0.15, 0.2) is 12.5 Å². The number of nitrogens with zero attached hydrogens (tertiary/aromatic N) is 2. The van der Waals surface area contributed by atoms with E-state index < -0.39 is 5.97 Å². The minimum Gasteiger partial charge on any atom is -0.476 e. The van der Waals surface area contributed by atoms with Gasteiger partial charge in [-0.1, -0.05) is 6.92 Å². The number of hydrogen-bond donors (Lipinski definition) is 3. The molecule has 1 aromatic heterocycles. The largest absolute Gasteiger partial charge is 0.476 e. The fourth-order valence-electron chi connectivity index (χ4n) is 2.73. The number of aromatic carboxylic acids is 1. The van der Waals surface area contributed by atoms with Crippen molar-refractivity contribution in [1.29, 1.82) is 0 Å². The Bertz CT molecular complexity index is 506. The van der Waals surface area contributed by atoms with Gasteiger partial charge in [-0.3, -0.25) is 4.79 Å². The van der Waals surface area contributed by atoms with Crippen molar-refractivity contribution in [3.63, 3.8) is 0 Å². The second kappa shape index (κ2) is 6.71. The van der Waals surface area contributed by atoms with Gasteiger partial charge in [-0.05, 0) is 32.4 Å². The van der Waals surface area contributed by atoms with E-state index in [-0.39, 0.29) is 17.0 Å². The molecule has 1 fully saturated rings. The number of nitrogens with one attached hydrogen (secondary N) is 2. The quantitative estimate of drug-likeness (QED) is 0.709. The molecule has 0 atom stereocenters. The molecule has 0 aromatic carbocycles. The van der Waals surface area contributed by atoms with E-state index in [0.29, 0.717) is 13.1 Å². The summed E-state index contributed by atoms with van der Waals surface area (Å²) in [4.78, 5) is 26.9. The minimum atomic E-state index is -1.04. The van der Waals surface area contributed by atoms with Gasteiger partial charge in [0.1, 0.15) is 0 Å². The maximum Gasteiger partial charge on any atom is 0.356 e. The molecule has 1 aromatic rings. The van der Waals surface area contributed by atoms with Gasteiger partial charge in [0.2, 0.25) is 5.91 Å². The third-order valence-corrected chi connectivity index (χ3v) is 4.23. The highest BCUT2D eigenvalue weighted by molar-refractivity contribution is 5.85. The van der Waals surface area contributed by atoms with E-state index in [1.807, 2.05) is 0 Å². The maximum atomic E-state index is 12.4. The third kappa shape index (κ3) is 3.60. The molecule has 0 saturated carbocycles. The van der Waals surface area contributed by atoms with E-state index in [9.17, 15) is 9.59 Å². The molecule has 1 amide bonds. The molecule has 0 unspecified atom stereocenters. The number of carboxylic acid groups (broad SMARTS) is 1. The number of amides is 1. The first-order valence-corrected chi connectivity index (χ1v) is 7.31. The summed E-state index contributed by atoms with van der Waals surface area (Å²) in [6, 6.07) is 0. The fourth-order valence-corrected chi connectivity index (χ4v) is 2.73. The van der Waals surface area contributed by atoms with Gasteiger partial charge in [0.25, 0.3) is 0 Å². The van der Waals surface area contributed by atoms with Crippen LogP contribution in [0.5, 0.6) is 0 Å². The summed E-state index contributed by atoms with van der Waals surface area (Å²) in [6.45, 7) is 4.81. The molecule has 21 heavy (non-hydrogen) atoms. The molecule has 0 radical (unpaired) electrons. The molecule has 1 aliphatic heterocycles. The number of aromatic nitrogens is 2. The average Bonchev–Trinajstić information content (AvgIpc) is 2.97. The Morgan fingerprint density at radius 1 is 1.48 bits per heavy atom. The van der Waals surface area contributed by atoms with Crippen LogP contribution in [-0.2, 0) is 11.3 Å². The number of carboxylic acids is 1. The molecule has 2 rings (SSSR count). The van der Waals surface area contributed by atoms with Crippen LogP contribution in [0.4, 0.5) is 0 Å². The Labute approximate surface area is 123 Å². The summed E-state index contributed by atoms with van der Waals surface area (Å²) in [5, 5.41) is 15.0. The van der Waals surface area contributed by atoms with Gasteiger partial charge in [-0.25, -0.2) is 9.78 Å². The predicted molar refractivity (Wildman–Crippen MR) is 77.0 cm³/mol. The van der Waals surface area contributed by atoms with Crippen LogP contribution in [0, 0.1) is 5.41 Å². The van der Waals surface area contributed by atoms with Gasteiger partial charge < -0.3 is 20.3 Å². The van der Waals surface area contributed by atoms with Gasteiger partial charge in [0.15, 0.2) is 5.69 Å². The number of piperidine rings is 1. The van der Waals surface area contributed by atoms with Gasteiger partial charge in [-0.2, -0.15) is 0 Å². The van der Waals surface area contributed by atoms with Gasteiger partial charge in [0.05, 0.1) is 11.7 Å². The van der Waals surface area contributed by atoms with Crippen LogP contribution in [0.3, 0.4) is 0 Å². The molecule has 7 heteroatoms. The zero-order valence-corrected chi connectivity index (χ0v) is 12.3. The number of carbonyl (C=O) groups excluding carboxylic acids is 1. The van der Waals surface area contributed by atoms with Crippen molar-refractivity contribution in [3.05, 3.63) is 18.2 Å². The van der Waals surface area contributed by atoms with Crippen molar-refractivity contribution >= 4 is 11.9 Å². The van der Waals surface area contributed by atoms with Gasteiger partial charge in [0, 0.05) is 19.3 Å². The topological polar surface area (TPSA) is 96.2 Å². The molecule has 3 N–H and O–H groups in total. The van der Waals surface area contributed by atoms with Crippen LogP contribution < -0.4 is 10.6 Å². The normalized spacial score (nSPS) is 17.4. The van der Waals surface area contributed by atoms with Crippen molar-refractivity contribution in [2.45, 2.75) is 32.7 Å². The minimum absolute atomic E-state index is 0.0182. The van der Waals surface area contributed by atoms with Crippen LogP contribution in [0.25, 0.3) is 0 Å². The van der Waals surface area contributed by atoms with Gasteiger partial charge in [-0.15, -0.1) is 0 Å². The Balaban J connectivity index is 1.84. The van der Waals surface area contributed by atoms with Crippen molar-refractivity contribution in [2.75, 3.05) is 19.6 Å². The molecule has 116 valence electrons. The summed E-state index contributed by atoms with van der Waals surface area (Å²) in [7, 11) is 0. The Kier molecular flexibility index (Phi) is 4.95. The highest BCUT2D eigenvalue weighted by Crippen LogP contribution is 2.32. The van der Waals surface area contributed by atoms with Crippen molar-refractivity contribution < 1.29 is 14.7 Å². The first-order chi connectivity index (χ1) is 10.1. The summed E-state index contributed by atoms with van der Waals surface area (Å²) in [5.41, 5.74) is -0.239. The lowest BCUT2D eigenvalue weighted by atomic mass is 9.76. The standard InChI is InChI=1S/C14H22N4O3/c1-2-14(3-5-15-6-4-14)13(21)16-7-8-18-9-11(12(19)20)17-10-18/h9-10,15H,2-8H2,1H3,(H,16,21)(H,19,20). The molecule has 0 spiro atoms. The second-order valence-electron chi connectivity index (χ2n) is 5.44. The summed E-state index contributed by atoms with van der Waals surface area (Å²) in [5.74, 6) is -0.942. The lowest BCUT2D eigenvalue weighted by Gasteiger charge is -2.35. The van der Waals surface area contributed by atoms with E-state index in [0.717, 1.165) is 32.4 Å². The first-order valence-electron chi connectivity index (χ1n) is 7.31. The van der Waals surface area contributed by atoms with E-state index in [1.54, 1.807) is 4.57 Å². The molecule has 1 aliphatic rings. The zero-order valence-electron chi connectivity index (χ0n) is 12.3. The highest BCUT2D eigenvalue weighted by Gasteiger charge is 2.37. The zero-order chi connectivity index (χ0) is 15.3. The summed E-state index contributed by atoms with van der Waals surface area (Å²) >= 11 is 0. The van der Waals surface area contributed by atoms with E-state index in [1.165, 1.54) is 12.5 Å². The van der Waals surface area contributed by atoms with Crippen LogP contribution in [0.2, 0.25) is 0 Å². The molecule has 0 aliphatic carbocycles. The van der Waals surface area contributed by atoms with Crippen molar-refractivity contribution in [2.24, 2.45) is 5.41 Å². The van der Waals surface area contributed by atoms with Crippen LogP contribution in [0.1, 0.15) is 36.7 Å². The number of carbonyl (C=O) groups is 2. The fraction of sp³-hybridized carbons (Fsp3) is 0.643. The lowest BCUT2D eigenvalue weighted by Crippen LogP contribution is -2.47. The molecular formula is C14H22N4O3. The predicted octanol–water partition coefficient (Wildman–Crippen LogP) is 0.477. The van der Waals surface area contributed by atoms with Crippen LogP contribution in [-0.4, -0.2) is 46.2 Å². The molecular weight excluding hydrogens is 272 g/mol. The molecule has 1 saturated heterocycles. The average molecular weight is 294 g/mol. The first kappa shape index (κ1) is 15.5. The lowest BCUT2D eigenvalue weighted by molar-refractivity contribution is -0.132. The second-order valence-corrected chi connectivity index (χ2v) is 5.44. The van der Waals surface area contributed by atoms with E-state index in [4.69, 9.17) is 5.11 Å². The molecule has 7 nitrogen and oxygen atoms in total.